The largest absolute Gasteiger partial charge is 0.254 e. The smallest absolute Gasteiger partial charge is 0.107 e. The van der Waals surface area contributed by atoms with Crippen LogP contribution in [0.2, 0.25) is 0 Å². The lowest BCUT2D eigenvalue weighted by Gasteiger charge is -2.16. The third kappa shape index (κ3) is 3.54. The van der Waals surface area contributed by atoms with Crippen molar-refractivity contribution in [2.24, 2.45) is 0 Å². The summed E-state index contributed by atoms with van der Waals surface area (Å²) >= 11 is 0. The van der Waals surface area contributed by atoms with Crippen LogP contribution in [0.15, 0.2) is 146 Å². The van der Waals surface area contributed by atoms with Gasteiger partial charge >= 0.3 is 0 Å². The zero-order chi connectivity index (χ0) is 31.3. The van der Waals surface area contributed by atoms with Crippen LogP contribution in [0.1, 0.15) is 0 Å². The predicted molar refractivity (Wildman–Crippen MR) is 200 cm³/mol. The van der Waals surface area contributed by atoms with Crippen molar-refractivity contribution in [1.29, 1.82) is 0 Å². The van der Waals surface area contributed by atoms with E-state index in [1.165, 1.54) is 64.6 Å². The second kappa shape index (κ2) is 9.50. The number of nitrogens with zero attached hydrogens (tertiary/aromatic N) is 4. The fourth-order valence-corrected chi connectivity index (χ4v) is 7.91. The van der Waals surface area contributed by atoms with Crippen molar-refractivity contribution in [1.82, 2.24) is 19.9 Å². The number of aromatic nitrogens is 4. The summed E-state index contributed by atoms with van der Waals surface area (Å²) in [6.07, 6.45) is 5.53. The van der Waals surface area contributed by atoms with Gasteiger partial charge in [0.15, 0.2) is 0 Å². The van der Waals surface area contributed by atoms with E-state index in [-0.39, 0.29) is 0 Å². The average molecular weight is 609 g/mol. The lowest BCUT2D eigenvalue weighted by Crippen LogP contribution is -1.94. The Morgan fingerprint density at radius 2 is 0.854 bits per heavy atom. The molecule has 3 heterocycles. The van der Waals surface area contributed by atoms with E-state index in [2.05, 4.69) is 120 Å². The van der Waals surface area contributed by atoms with E-state index >= 15 is 0 Å². The van der Waals surface area contributed by atoms with Gasteiger partial charge in [0.25, 0.3) is 0 Å². The number of benzene rings is 7. The molecule has 0 aliphatic rings. The summed E-state index contributed by atoms with van der Waals surface area (Å²) in [6.45, 7) is 0. The normalized spacial score (nSPS) is 12.2. The van der Waals surface area contributed by atoms with Gasteiger partial charge in [-0.2, -0.15) is 0 Å². The van der Waals surface area contributed by atoms with Crippen molar-refractivity contribution in [2.45, 2.75) is 0 Å². The van der Waals surface area contributed by atoms with E-state index in [0.29, 0.717) is 0 Å². The predicted octanol–water partition coefficient (Wildman–Crippen LogP) is 11.3. The molecule has 3 aromatic heterocycles. The molecule has 0 unspecified atom stereocenters. The first-order chi connectivity index (χ1) is 23.8. The maximum absolute atomic E-state index is 4.99. The molecule has 0 saturated carbocycles. The topological polar surface area (TPSA) is 51.6 Å². The molecule has 11 aromatic rings. The number of hydrogen-bond donors (Lipinski definition) is 0. The summed E-state index contributed by atoms with van der Waals surface area (Å²) in [5.41, 5.74) is 5.13. The Kier molecular flexibility index (Phi) is 5.08. The van der Waals surface area contributed by atoms with Gasteiger partial charge in [-0.05, 0) is 88.9 Å². The van der Waals surface area contributed by atoms with Gasteiger partial charge in [0.05, 0.1) is 34.8 Å². The van der Waals surface area contributed by atoms with Crippen LogP contribution in [0.25, 0.3) is 109 Å². The van der Waals surface area contributed by atoms with Gasteiger partial charge in [-0.25, -0.2) is 4.98 Å². The Hall–Kier alpha value is -6.52. The SMILES string of the molecule is c1cnc2c(c1)ccc1ccc(-c3cnc(-c4cc5ccc6cccc7c8cccc9ccc%10cccc(c(c4)c5c67)c%10c98)cn3)nc12. The van der Waals surface area contributed by atoms with Crippen molar-refractivity contribution in [3.8, 4) is 22.6 Å². The molecule has 0 saturated heterocycles. The minimum atomic E-state index is 0.729. The second-order valence-corrected chi connectivity index (χ2v) is 12.7. The summed E-state index contributed by atoms with van der Waals surface area (Å²) in [5, 5.41) is 17.2. The number of rotatable bonds is 2. The van der Waals surface area contributed by atoms with E-state index in [0.717, 1.165) is 44.5 Å². The highest BCUT2D eigenvalue weighted by Gasteiger charge is 2.17. The first-order valence-electron chi connectivity index (χ1n) is 16.2. The third-order valence-electron chi connectivity index (χ3n) is 10.1. The fourth-order valence-electron chi connectivity index (χ4n) is 7.91. The standard InChI is InChI=1S/C44H24N4/c1-5-25-12-13-26-7-3-11-34-35-22-31(21-30-17-14-27-6-2-10-33(40(27)42(30)35)32(9-1)39(25)41(26)34)37-23-47-38(24-46-37)36-19-18-29-16-15-28-8-4-20-45-43(28)44(29)48-36/h1-24H. The van der Waals surface area contributed by atoms with E-state index in [9.17, 15) is 0 Å². The summed E-state index contributed by atoms with van der Waals surface area (Å²) in [4.78, 5) is 19.5. The third-order valence-corrected chi connectivity index (χ3v) is 10.1. The molecule has 220 valence electrons. The molecule has 0 atom stereocenters. The zero-order valence-corrected chi connectivity index (χ0v) is 25.6. The lowest BCUT2D eigenvalue weighted by molar-refractivity contribution is 1.19. The summed E-state index contributed by atoms with van der Waals surface area (Å²) in [7, 11) is 0. The molecule has 8 aromatic carbocycles. The Bertz CT molecular complexity index is 3100. The van der Waals surface area contributed by atoms with E-state index in [1.807, 2.05) is 30.7 Å². The summed E-state index contributed by atoms with van der Waals surface area (Å²) < 4.78 is 0. The first-order valence-corrected chi connectivity index (χ1v) is 16.2. The Morgan fingerprint density at radius 1 is 0.333 bits per heavy atom. The van der Waals surface area contributed by atoms with Gasteiger partial charge < -0.3 is 0 Å². The van der Waals surface area contributed by atoms with Gasteiger partial charge in [-0.3, -0.25) is 15.0 Å². The van der Waals surface area contributed by atoms with Crippen LogP contribution >= 0.6 is 0 Å². The number of pyridine rings is 2. The van der Waals surface area contributed by atoms with Gasteiger partial charge in [0, 0.05) is 22.5 Å². The molecule has 4 heteroatoms. The van der Waals surface area contributed by atoms with Gasteiger partial charge in [0.2, 0.25) is 0 Å². The quantitative estimate of drug-likeness (QED) is 0.183. The minimum Gasteiger partial charge on any atom is -0.254 e. The first kappa shape index (κ1) is 25.6. The van der Waals surface area contributed by atoms with E-state index in [1.54, 1.807) is 0 Å². The molecular weight excluding hydrogens is 585 g/mol. The highest BCUT2D eigenvalue weighted by Crippen LogP contribution is 2.44. The van der Waals surface area contributed by atoms with Crippen molar-refractivity contribution >= 4 is 86.4 Å². The van der Waals surface area contributed by atoms with Crippen LogP contribution in [0, 0.1) is 0 Å². The molecular formula is C44H24N4. The molecule has 4 nitrogen and oxygen atoms in total. The summed E-state index contributed by atoms with van der Waals surface area (Å²) in [5.74, 6) is 0. The second-order valence-electron chi connectivity index (χ2n) is 12.7. The van der Waals surface area contributed by atoms with Crippen LogP contribution in [0.5, 0.6) is 0 Å². The van der Waals surface area contributed by atoms with E-state index in [4.69, 9.17) is 15.0 Å². The fraction of sp³-hybridized carbons (Fsp3) is 0. The Morgan fingerprint density at radius 3 is 1.52 bits per heavy atom. The maximum Gasteiger partial charge on any atom is 0.107 e. The van der Waals surface area contributed by atoms with Crippen molar-refractivity contribution in [2.75, 3.05) is 0 Å². The minimum absolute atomic E-state index is 0.729. The molecule has 0 aliphatic carbocycles. The highest BCUT2D eigenvalue weighted by molar-refractivity contribution is 6.37. The van der Waals surface area contributed by atoms with Crippen LogP contribution in [0.4, 0.5) is 0 Å². The Labute approximate surface area is 274 Å². The molecule has 11 rings (SSSR count). The molecule has 0 amide bonds. The highest BCUT2D eigenvalue weighted by atomic mass is 14.8. The molecule has 0 spiro atoms. The molecule has 48 heavy (non-hydrogen) atoms. The average Bonchev–Trinajstić information content (AvgIpc) is 3.15. The molecule has 0 radical (unpaired) electrons. The number of hydrogen-bond acceptors (Lipinski definition) is 4. The molecule has 0 bridgehead atoms. The Balaban J connectivity index is 1.17. The summed E-state index contributed by atoms with van der Waals surface area (Å²) in [6, 6.07) is 46.0. The molecule has 0 N–H and O–H groups in total. The van der Waals surface area contributed by atoms with E-state index < -0.39 is 0 Å². The monoisotopic (exact) mass is 608 g/mol. The van der Waals surface area contributed by atoms with Crippen LogP contribution in [-0.4, -0.2) is 19.9 Å². The molecule has 0 fully saturated rings. The van der Waals surface area contributed by atoms with Gasteiger partial charge in [-0.1, -0.05) is 103 Å². The van der Waals surface area contributed by atoms with Crippen molar-refractivity contribution in [3.05, 3.63) is 146 Å². The van der Waals surface area contributed by atoms with Crippen molar-refractivity contribution < 1.29 is 0 Å². The van der Waals surface area contributed by atoms with Crippen LogP contribution in [-0.2, 0) is 0 Å². The molecule has 0 aliphatic heterocycles. The zero-order valence-electron chi connectivity index (χ0n) is 25.6. The maximum atomic E-state index is 4.99. The van der Waals surface area contributed by atoms with Crippen LogP contribution in [0.3, 0.4) is 0 Å². The van der Waals surface area contributed by atoms with Gasteiger partial charge in [0.1, 0.15) is 5.69 Å². The van der Waals surface area contributed by atoms with Crippen LogP contribution < -0.4 is 0 Å². The van der Waals surface area contributed by atoms with Gasteiger partial charge in [-0.15, -0.1) is 0 Å². The number of fused-ring (bicyclic) bond motifs is 5. The van der Waals surface area contributed by atoms with Crippen molar-refractivity contribution in [3.63, 3.8) is 0 Å². The lowest BCUT2D eigenvalue weighted by atomic mass is 9.87.